The summed E-state index contributed by atoms with van der Waals surface area (Å²) in [6.07, 6.45) is 2.74. The number of rotatable bonds is 2. The van der Waals surface area contributed by atoms with Gasteiger partial charge >= 0.3 is 12.0 Å². The maximum absolute atomic E-state index is 12.5. The number of carbonyl (C=O) groups excluding carboxylic acids is 1. The molecule has 122 valence electrons. The highest BCUT2D eigenvalue weighted by atomic mass is 16.4. The van der Waals surface area contributed by atoms with Crippen molar-refractivity contribution in [3.63, 3.8) is 0 Å². The molecule has 1 heterocycles. The number of fused-ring (bicyclic) bond motifs is 3. The molecule has 1 saturated heterocycles. The zero-order valence-electron chi connectivity index (χ0n) is 13.3. The van der Waals surface area contributed by atoms with Crippen LogP contribution in [0, 0.1) is 11.3 Å². The van der Waals surface area contributed by atoms with Crippen molar-refractivity contribution < 1.29 is 14.7 Å². The number of carboxylic acid groups (broad SMARTS) is 1. The van der Waals surface area contributed by atoms with Crippen molar-refractivity contribution in [1.82, 2.24) is 10.2 Å². The van der Waals surface area contributed by atoms with E-state index in [1.807, 2.05) is 0 Å². The largest absolute Gasteiger partial charge is 0.481 e. The van der Waals surface area contributed by atoms with Crippen LogP contribution in [0.15, 0.2) is 24.3 Å². The van der Waals surface area contributed by atoms with Crippen LogP contribution in [0.3, 0.4) is 0 Å². The number of carboxylic acids is 1. The molecular formula is C18H22N2O3. The van der Waals surface area contributed by atoms with Crippen LogP contribution in [0.5, 0.6) is 0 Å². The zero-order chi connectivity index (χ0) is 16.2. The first-order chi connectivity index (χ1) is 11.0. The number of aliphatic carboxylic acids is 1. The Morgan fingerprint density at radius 3 is 2.87 bits per heavy atom. The van der Waals surface area contributed by atoms with E-state index in [0.29, 0.717) is 31.3 Å². The van der Waals surface area contributed by atoms with Gasteiger partial charge in [0.15, 0.2) is 0 Å². The Morgan fingerprint density at radius 1 is 1.35 bits per heavy atom. The first-order valence-corrected chi connectivity index (χ1v) is 8.36. The van der Waals surface area contributed by atoms with Gasteiger partial charge in [0.1, 0.15) is 0 Å². The molecule has 4 atom stereocenters. The second kappa shape index (κ2) is 4.98. The lowest BCUT2D eigenvalue weighted by Crippen LogP contribution is -2.42. The van der Waals surface area contributed by atoms with Crippen molar-refractivity contribution >= 4 is 12.0 Å². The van der Waals surface area contributed by atoms with E-state index in [2.05, 4.69) is 29.6 Å². The maximum atomic E-state index is 12.5. The topological polar surface area (TPSA) is 69.6 Å². The number of urea groups is 1. The maximum Gasteiger partial charge on any atom is 0.317 e. The fourth-order valence-corrected chi connectivity index (χ4v) is 4.31. The van der Waals surface area contributed by atoms with Crippen LogP contribution in [-0.4, -0.2) is 41.1 Å². The monoisotopic (exact) mass is 314 g/mol. The molecule has 5 heteroatoms. The third-order valence-electron chi connectivity index (χ3n) is 5.90. The highest BCUT2D eigenvalue weighted by molar-refractivity contribution is 5.80. The molecule has 1 aromatic rings. The van der Waals surface area contributed by atoms with Crippen LogP contribution in [0.4, 0.5) is 4.79 Å². The van der Waals surface area contributed by atoms with E-state index in [1.54, 1.807) is 11.8 Å². The third-order valence-corrected chi connectivity index (χ3v) is 5.90. The first-order valence-electron chi connectivity index (χ1n) is 8.36. The van der Waals surface area contributed by atoms with Crippen molar-refractivity contribution in [3.05, 3.63) is 35.4 Å². The van der Waals surface area contributed by atoms with Gasteiger partial charge in [-0.1, -0.05) is 24.3 Å². The fraction of sp³-hybridized carbons (Fsp3) is 0.556. The minimum Gasteiger partial charge on any atom is -0.481 e. The molecule has 23 heavy (non-hydrogen) atoms. The predicted molar refractivity (Wildman–Crippen MR) is 85.2 cm³/mol. The quantitative estimate of drug-likeness (QED) is 0.879. The van der Waals surface area contributed by atoms with Gasteiger partial charge in [-0.25, -0.2) is 4.79 Å². The normalized spacial score (nSPS) is 34.5. The SMILES string of the molecule is CC1(C(=O)O)CCN(C(=O)NC2C3CCc4ccccc4C32)C1. The Morgan fingerprint density at radius 2 is 2.13 bits per heavy atom. The smallest absolute Gasteiger partial charge is 0.317 e. The van der Waals surface area contributed by atoms with Crippen molar-refractivity contribution in [1.29, 1.82) is 0 Å². The van der Waals surface area contributed by atoms with Gasteiger partial charge in [0, 0.05) is 25.0 Å². The molecule has 3 aliphatic rings. The molecule has 4 unspecified atom stereocenters. The van der Waals surface area contributed by atoms with Crippen molar-refractivity contribution in [3.8, 4) is 0 Å². The predicted octanol–water partition coefficient (Wildman–Crippen LogP) is 2.22. The van der Waals surface area contributed by atoms with Gasteiger partial charge in [-0.2, -0.15) is 0 Å². The fourth-order valence-electron chi connectivity index (χ4n) is 4.31. The summed E-state index contributed by atoms with van der Waals surface area (Å²) in [6, 6.07) is 8.61. The van der Waals surface area contributed by atoms with Gasteiger partial charge in [-0.15, -0.1) is 0 Å². The third kappa shape index (κ3) is 2.30. The molecule has 2 fully saturated rings. The number of nitrogens with one attached hydrogen (secondary N) is 1. The van der Waals surface area contributed by atoms with Gasteiger partial charge in [-0.05, 0) is 43.2 Å². The Bertz CT molecular complexity index is 674. The summed E-state index contributed by atoms with van der Waals surface area (Å²) in [5.74, 6) is 0.168. The van der Waals surface area contributed by atoms with Gasteiger partial charge in [0.2, 0.25) is 0 Å². The number of amides is 2. The average molecular weight is 314 g/mol. The average Bonchev–Trinajstić information content (AvgIpc) is 3.08. The summed E-state index contributed by atoms with van der Waals surface area (Å²) >= 11 is 0. The number of hydrogen-bond acceptors (Lipinski definition) is 2. The molecule has 1 aromatic carbocycles. The number of nitrogens with zero attached hydrogens (tertiary/aromatic N) is 1. The highest BCUT2D eigenvalue weighted by Gasteiger charge is 2.54. The second-order valence-corrected chi connectivity index (χ2v) is 7.44. The summed E-state index contributed by atoms with van der Waals surface area (Å²) in [7, 11) is 0. The molecule has 0 spiro atoms. The summed E-state index contributed by atoms with van der Waals surface area (Å²) in [5, 5.41) is 12.4. The molecule has 1 aliphatic heterocycles. The van der Waals surface area contributed by atoms with Gasteiger partial charge in [-0.3, -0.25) is 4.79 Å². The number of hydrogen-bond donors (Lipinski definition) is 2. The first kappa shape index (κ1) is 14.5. The standard InChI is InChI=1S/C18H22N2O3/c1-18(16(21)22)8-9-20(10-18)17(23)19-15-13-7-6-11-4-2-3-5-12(11)14(13)15/h2-5,13-15H,6-10H2,1H3,(H,19,23)(H,21,22). The summed E-state index contributed by atoms with van der Waals surface area (Å²) in [5.41, 5.74) is 1.98. The molecule has 5 nitrogen and oxygen atoms in total. The Labute approximate surface area is 135 Å². The molecule has 1 saturated carbocycles. The van der Waals surface area contributed by atoms with Crippen LogP contribution in [0.1, 0.15) is 36.8 Å². The minimum atomic E-state index is -0.818. The van der Waals surface area contributed by atoms with Crippen LogP contribution in [-0.2, 0) is 11.2 Å². The molecular weight excluding hydrogens is 292 g/mol. The van der Waals surface area contributed by atoms with Crippen LogP contribution in [0.2, 0.25) is 0 Å². The number of aryl methyl sites for hydroxylation is 1. The Balaban J connectivity index is 1.41. The summed E-state index contributed by atoms with van der Waals surface area (Å²) in [6.45, 7) is 2.54. The van der Waals surface area contributed by atoms with E-state index in [9.17, 15) is 14.7 Å². The van der Waals surface area contributed by atoms with Gasteiger partial charge in [0.25, 0.3) is 0 Å². The molecule has 2 amide bonds. The van der Waals surface area contributed by atoms with Crippen LogP contribution >= 0.6 is 0 Å². The van der Waals surface area contributed by atoms with E-state index >= 15 is 0 Å². The van der Waals surface area contributed by atoms with E-state index < -0.39 is 11.4 Å². The van der Waals surface area contributed by atoms with Crippen molar-refractivity contribution in [2.75, 3.05) is 13.1 Å². The Kier molecular flexibility index (Phi) is 3.15. The number of likely N-dealkylation sites (tertiary alicyclic amines) is 1. The molecule has 0 aromatic heterocycles. The summed E-state index contributed by atoms with van der Waals surface area (Å²) in [4.78, 5) is 25.5. The molecule has 0 radical (unpaired) electrons. The number of benzene rings is 1. The lowest BCUT2D eigenvalue weighted by atomic mass is 9.90. The highest BCUT2D eigenvalue weighted by Crippen LogP contribution is 2.54. The van der Waals surface area contributed by atoms with Gasteiger partial charge in [0.05, 0.1) is 5.41 Å². The molecule has 4 rings (SSSR count). The van der Waals surface area contributed by atoms with E-state index in [-0.39, 0.29) is 12.1 Å². The molecule has 2 N–H and O–H groups in total. The van der Waals surface area contributed by atoms with E-state index in [4.69, 9.17) is 0 Å². The summed E-state index contributed by atoms with van der Waals surface area (Å²) < 4.78 is 0. The van der Waals surface area contributed by atoms with E-state index in [0.717, 1.165) is 12.8 Å². The van der Waals surface area contributed by atoms with Gasteiger partial charge < -0.3 is 15.3 Å². The van der Waals surface area contributed by atoms with E-state index in [1.165, 1.54) is 11.1 Å². The second-order valence-electron chi connectivity index (χ2n) is 7.44. The molecule has 0 bridgehead atoms. The van der Waals surface area contributed by atoms with Crippen molar-refractivity contribution in [2.24, 2.45) is 11.3 Å². The lowest BCUT2D eigenvalue weighted by Gasteiger charge is -2.20. The van der Waals surface area contributed by atoms with Crippen LogP contribution < -0.4 is 5.32 Å². The van der Waals surface area contributed by atoms with Crippen LogP contribution in [0.25, 0.3) is 0 Å². The molecule has 2 aliphatic carbocycles. The minimum absolute atomic E-state index is 0.105. The lowest BCUT2D eigenvalue weighted by molar-refractivity contribution is -0.146. The van der Waals surface area contributed by atoms with Crippen molar-refractivity contribution in [2.45, 2.75) is 38.1 Å². The number of carbonyl (C=O) groups is 2. The zero-order valence-corrected chi connectivity index (χ0v) is 13.3. The Hall–Kier alpha value is -2.04.